The second kappa shape index (κ2) is 7.77. The second-order valence-electron chi connectivity index (χ2n) is 7.10. The van der Waals surface area contributed by atoms with Crippen LogP contribution in [0.4, 0.5) is 10.1 Å². The molecule has 3 nitrogen and oxygen atoms in total. The molecule has 2 aromatic carbocycles. The third-order valence-corrected chi connectivity index (χ3v) is 5.67. The summed E-state index contributed by atoms with van der Waals surface area (Å²) < 4.78 is 14.9. The second-order valence-corrected chi connectivity index (χ2v) is 7.10. The number of hydrogen-bond donors (Lipinski definition) is 2. The van der Waals surface area contributed by atoms with E-state index in [0.29, 0.717) is 18.7 Å². The van der Waals surface area contributed by atoms with Crippen molar-refractivity contribution in [3.63, 3.8) is 0 Å². The van der Waals surface area contributed by atoms with Crippen molar-refractivity contribution in [1.82, 2.24) is 5.32 Å². The van der Waals surface area contributed by atoms with E-state index < -0.39 is 5.41 Å². The number of hydrogen-bond acceptors (Lipinski definition) is 2. The van der Waals surface area contributed by atoms with Gasteiger partial charge in [-0.15, -0.1) is 12.4 Å². The number of carbonyl (C=O) groups excluding carboxylic acids is 1. The van der Waals surface area contributed by atoms with E-state index in [1.165, 1.54) is 0 Å². The summed E-state index contributed by atoms with van der Waals surface area (Å²) in [5, 5.41) is 6.15. The molecule has 138 valence electrons. The van der Waals surface area contributed by atoms with Gasteiger partial charge in [0, 0.05) is 6.54 Å². The Hall–Kier alpha value is -1.91. The third kappa shape index (κ3) is 3.24. The zero-order chi connectivity index (χ0) is 17.3. The molecule has 0 atom stereocenters. The van der Waals surface area contributed by atoms with Gasteiger partial charge in [-0.2, -0.15) is 0 Å². The Balaban J connectivity index is 0.00000196. The normalized spacial score (nSPS) is 17.9. The highest BCUT2D eigenvalue weighted by Crippen LogP contribution is 2.42. The summed E-state index contributed by atoms with van der Waals surface area (Å²) in [6.45, 7) is 1.46. The van der Waals surface area contributed by atoms with E-state index in [9.17, 15) is 9.18 Å². The molecule has 1 heterocycles. The first kappa shape index (κ1) is 18.9. The van der Waals surface area contributed by atoms with Gasteiger partial charge in [0.1, 0.15) is 5.82 Å². The number of rotatable bonds is 3. The van der Waals surface area contributed by atoms with E-state index in [1.807, 2.05) is 36.4 Å². The van der Waals surface area contributed by atoms with Gasteiger partial charge in [0.2, 0.25) is 5.91 Å². The number of nitrogens with one attached hydrogen (secondary N) is 2. The van der Waals surface area contributed by atoms with Crippen LogP contribution in [0.3, 0.4) is 0 Å². The highest BCUT2D eigenvalue weighted by Gasteiger charge is 2.42. The fourth-order valence-corrected chi connectivity index (χ4v) is 4.25. The molecule has 2 N–H and O–H groups in total. The minimum Gasteiger partial charge on any atom is -0.323 e. The number of benzene rings is 2. The molecule has 0 aromatic heterocycles. The number of amides is 1. The average Bonchev–Trinajstić information content (AvgIpc) is 3.16. The van der Waals surface area contributed by atoms with Crippen LogP contribution in [-0.2, 0) is 23.2 Å². The van der Waals surface area contributed by atoms with Crippen LogP contribution < -0.4 is 10.6 Å². The summed E-state index contributed by atoms with van der Waals surface area (Å²) >= 11 is 0. The van der Waals surface area contributed by atoms with E-state index in [2.05, 4.69) is 10.6 Å². The fraction of sp³-hybridized carbons (Fsp3) is 0.381. The van der Waals surface area contributed by atoms with Crippen molar-refractivity contribution in [2.45, 2.75) is 44.1 Å². The lowest BCUT2D eigenvalue weighted by Gasteiger charge is -2.29. The Morgan fingerprint density at radius 1 is 1.08 bits per heavy atom. The van der Waals surface area contributed by atoms with Crippen molar-refractivity contribution < 1.29 is 9.18 Å². The van der Waals surface area contributed by atoms with Gasteiger partial charge in [-0.25, -0.2) is 4.39 Å². The summed E-state index contributed by atoms with van der Waals surface area (Å²) in [4.78, 5) is 13.2. The van der Waals surface area contributed by atoms with Crippen LogP contribution in [0, 0.1) is 5.82 Å². The van der Waals surface area contributed by atoms with E-state index in [4.69, 9.17) is 0 Å². The molecule has 0 bridgehead atoms. The predicted octanol–water partition coefficient (Wildman–Crippen LogP) is 4.34. The number of fused-ring (bicyclic) bond motifs is 1. The van der Waals surface area contributed by atoms with Crippen LogP contribution in [0.5, 0.6) is 0 Å². The highest BCUT2D eigenvalue weighted by molar-refractivity contribution is 5.99. The molecule has 1 aliphatic heterocycles. The van der Waals surface area contributed by atoms with E-state index in [0.717, 1.165) is 48.9 Å². The summed E-state index contributed by atoms with van der Waals surface area (Å²) in [5.41, 5.74) is 2.53. The number of halogens is 2. The first-order valence-corrected chi connectivity index (χ1v) is 9.09. The van der Waals surface area contributed by atoms with Crippen molar-refractivity contribution in [2.75, 3.05) is 11.9 Å². The molecule has 0 unspecified atom stereocenters. The zero-order valence-corrected chi connectivity index (χ0v) is 15.5. The Morgan fingerprint density at radius 2 is 1.81 bits per heavy atom. The largest absolute Gasteiger partial charge is 0.323 e. The molecule has 2 aromatic rings. The quantitative estimate of drug-likeness (QED) is 0.838. The van der Waals surface area contributed by atoms with E-state index >= 15 is 0 Å². The topological polar surface area (TPSA) is 41.1 Å². The smallest absolute Gasteiger partial charge is 0.235 e. The monoisotopic (exact) mass is 374 g/mol. The minimum absolute atomic E-state index is 0. The Labute approximate surface area is 159 Å². The van der Waals surface area contributed by atoms with Crippen molar-refractivity contribution in [3.8, 4) is 0 Å². The van der Waals surface area contributed by atoms with E-state index in [1.54, 1.807) is 6.07 Å². The maximum atomic E-state index is 14.9. The molecule has 1 amide bonds. The Morgan fingerprint density at radius 3 is 2.54 bits per heavy atom. The van der Waals surface area contributed by atoms with Crippen molar-refractivity contribution in [1.29, 1.82) is 0 Å². The first-order chi connectivity index (χ1) is 12.2. The van der Waals surface area contributed by atoms with Gasteiger partial charge >= 0.3 is 0 Å². The fourth-order valence-electron chi connectivity index (χ4n) is 4.25. The SMILES string of the molecule is Cl.O=C(Nc1ccc2c(c1F)CCNC2)C1(c2ccccc2)CCCC1. The van der Waals surface area contributed by atoms with Gasteiger partial charge in [-0.05, 0) is 48.6 Å². The van der Waals surface area contributed by atoms with Crippen LogP contribution in [0.1, 0.15) is 42.4 Å². The first-order valence-electron chi connectivity index (χ1n) is 9.09. The maximum absolute atomic E-state index is 14.9. The van der Waals surface area contributed by atoms with Crippen molar-refractivity contribution >= 4 is 24.0 Å². The van der Waals surface area contributed by atoms with Gasteiger partial charge in [-0.3, -0.25) is 4.79 Å². The third-order valence-electron chi connectivity index (χ3n) is 5.67. The highest BCUT2D eigenvalue weighted by atomic mass is 35.5. The Kier molecular flexibility index (Phi) is 5.64. The standard InChI is InChI=1S/C21H23FN2O.ClH/c22-19-17-10-13-23-14-15(17)8-9-18(19)24-20(25)21(11-4-5-12-21)16-6-2-1-3-7-16;/h1-3,6-9,23H,4-5,10-14H2,(H,24,25);1H. The van der Waals surface area contributed by atoms with E-state index in [-0.39, 0.29) is 24.1 Å². The van der Waals surface area contributed by atoms with Crippen LogP contribution >= 0.6 is 12.4 Å². The van der Waals surface area contributed by atoms with Gasteiger partial charge in [0.15, 0.2) is 0 Å². The molecule has 1 fully saturated rings. The molecule has 1 aliphatic carbocycles. The molecule has 0 spiro atoms. The molecule has 4 rings (SSSR count). The van der Waals surface area contributed by atoms with Crippen LogP contribution in [0.2, 0.25) is 0 Å². The van der Waals surface area contributed by atoms with Gasteiger partial charge in [0.05, 0.1) is 11.1 Å². The van der Waals surface area contributed by atoms with Crippen molar-refractivity contribution in [3.05, 3.63) is 65.0 Å². The number of anilines is 1. The Bertz CT molecular complexity index is 788. The lowest BCUT2D eigenvalue weighted by atomic mass is 9.78. The van der Waals surface area contributed by atoms with Crippen molar-refractivity contribution in [2.24, 2.45) is 0 Å². The molecule has 26 heavy (non-hydrogen) atoms. The summed E-state index contributed by atoms with van der Waals surface area (Å²) in [5.74, 6) is -0.349. The lowest BCUT2D eigenvalue weighted by Crippen LogP contribution is -2.38. The molecular weight excluding hydrogens is 351 g/mol. The van der Waals surface area contributed by atoms with Gasteiger partial charge in [0.25, 0.3) is 0 Å². The summed E-state index contributed by atoms with van der Waals surface area (Å²) in [6, 6.07) is 13.5. The predicted molar refractivity (Wildman–Crippen MR) is 104 cm³/mol. The lowest BCUT2D eigenvalue weighted by molar-refractivity contribution is -0.121. The summed E-state index contributed by atoms with van der Waals surface area (Å²) in [7, 11) is 0. The average molecular weight is 375 g/mol. The minimum atomic E-state index is -0.537. The van der Waals surface area contributed by atoms with Gasteiger partial charge < -0.3 is 10.6 Å². The van der Waals surface area contributed by atoms with Gasteiger partial charge in [-0.1, -0.05) is 49.2 Å². The molecule has 0 saturated heterocycles. The molecule has 1 saturated carbocycles. The molecule has 5 heteroatoms. The maximum Gasteiger partial charge on any atom is 0.235 e. The molecular formula is C21H24ClFN2O. The zero-order valence-electron chi connectivity index (χ0n) is 14.7. The van der Waals surface area contributed by atoms with Crippen LogP contribution in [0.15, 0.2) is 42.5 Å². The van der Waals surface area contributed by atoms with Crippen LogP contribution in [0.25, 0.3) is 0 Å². The number of carbonyl (C=O) groups is 1. The summed E-state index contributed by atoms with van der Waals surface area (Å²) in [6.07, 6.45) is 4.36. The molecule has 0 radical (unpaired) electrons. The molecule has 2 aliphatic rings. The van der Waals surface area contributed by atoms with Crippen LogP contribution in [-0.4, -0.2) is 12.5 Å².